The molecule has 148 valence electrons. The number of aryl methyl sites for hydroxylation is 2. The van der Waals surface area contributed by atoms with Crippen LogP contribution in [-0.4, -0.2) is 30.3 Å². The van der Waals surface area contributed by atoms with Crippen LogP contribution in [0.1, 0.15) is 29.5 Å². The highest BCUT2D eigenvalue weighted by Gasteiger charge is 2.37. The number of aliphatic carboxylic acids is 1. The minimum Gasteiger partial charge on any atom is -0.484 e. The first kappa shape index (κ1) is 18.2. The lowest BCUT2D eigenvalue weighted by Gasteiger charge is -2.29. The third-order valence-corrected chi connectivity index (χ3v) is 6.91. The van der Waals surface area contributed by atoms with Gasteiger partial charge in [0.1, 0.15) is 23.1 Å². The Balaban J connectivity index is 1.56. The fourth-order valence-corrected chi connectivity index (χ4v) is 5.60. The largest absolute Gasteiger partial charge is 0.484 e. The summed E-state index contributed by atoms with van der Waals surface area (Å²) >= 11 is 1.83. The van der Waals surface area contributed by atoms with Gasteiger partial charge in [0.25, 0.3) is 5.01 Å². The maximum Gasteiger partial charge on any atom is 0.323 e. The van der Waals surface area contributed by atoms with Gasteiger partial charge in [0.05, 0.1) is 5.57 Å². The number of hydrogen-bond donors (Lipinski definition) is 1. The molecule has 0 radical (unpaired) electrons. The molecule has 0 saturated carbocycles. The van der Waals surface area contributed by atoms with Gasteiger partial charge >= 0.3 is 5.97 Å². The van der Waals surface area contributed by atoms with Crippen LogP contribution >= 0.6 is 11.3 Å². The van der Waals surface area contributed by atoms with Crippen LogP contribution in [0.3, 0.4) is 0 Å². The van der Waals surface area contributed by atoms with Crippen LogP contribution in [0.15, 0.2) is 36.4 Å². The molecular formula is C23H23N2O3S+. The highest BCUT2D eigenvalue weighted by molar-refractivity contribution is 7.19. The molecule has 29 heavy (non-hydrogen) atoms. The average Bonchev–Trinajstić information content (AvgIpc) is 3.08. The van der Waals surface area contributed by atoms with Crippen LogP contribution in [0.5, 0.6) is 5.75 Å². The van der Waals surface area contributed by atoms with Gasteiger partial charge < -0.3 is 14.7 Å². The molecule has 2 aromatic carbocycles. The van der Waals surface area contributed by atoms with Gasteiger partial charge in [-0.25, -0.2) is 0 Å². The quantitative estimate of drug-likeness (QED) is 0.661. The third kappa shape index (κ3) is 3.08. The molecule has 1 aromatic heterocycles. The SMILES string of the molecule is CCN(CC(=O)O)c1ccc2c(c1)OC1CC[n+]3c(sc4cc(C)ccc43)C1=C2. The predicted octanol–water partition coefficient (Wildman–Crippen LogP) is 4.11. The summed E-state index contributed by atoms with van der Waals surface area (Å²) in [7, 11) is 0. The van der Waals surface area contributed by atoms with Gasteiger partial charge in [-0.3, -0.25) is 4.79 Å². The molecule has 3 aromatic rings. The third-order valence-electron chi connectivity index (χ3n) is 5.72. The molecule has 0 bridgehead atoms. The zero-order valence-electron chi connectivity index (χ0n) is 16.5. The van der Waals surface area contributed by atoms with Crippen LogP contribution in [0.25, 0.3) is 21.9 Å². The van der Waals surface area contributed by atoms with E-state index in [1.54, 1.807) is 0 Å². The summed E-state index contributed by atoms with van der Waals surface area (Å²) < 4.78 is 10.1. The van der Waals surface area contributed by atoms with E-state index in [4.69, 9.17) is 9.84 Å². The van der Waals surface area contributed by atoms with Crippen molar-refractivity contribution in [3.8, 4) is 5.75 Å². The fraction of sp³-hybridized carbons (Fsp3) is 0.304. The Morgan fingerprint density at radius 3 is 2.97 bits per heavy atom. The molecular weight excluding hydrogens is 384 g/mol. The van der Waals surface area contributed by atoms with Crippen molar-refractivity contribution >= 4 is 44.9 Å². The van der Waals surface area contributed by atoms with Gasteiger partial charge in [-0.15, -0.1) is 0 Å². The number of benzene rings is 2. The summed E-state index contributed by atoms with van der Waals surface area (Å²) in [4.78, 5) is 13.0. The molecule has 0 fully saturated rings. The molecule has 6 heteroatoms. The Bertz CT molecular complexity index is 1160. The van der Waals surface area contributed by atoms with Crippen molar-refractivity contribution in [2.45, 2.75) is 32.9 Å². The first-order valence-corrected chi connectivity index (χ1v) is 10.8. The summed E-state index contributed by atoms with van der Waals surface area (Å²) in [5, 5.41) is 10.4. The van der Waals surface area contributed by atoms with E-state index < -0.39 is 5.97 Å². The van der Waals surface area contributed by atoms with E-state index in [1.807, 2.05) is 41.4 Å². The molecule has 2 aliphatic rings. The van der Waals surface area contributed by atoms with Gasteiger partial charge in [0.15, 0.2) is 6.54 Å². The van der Waals surface area contributed by atoms with E-state index in [1.165, 1.54) is 26.4 Å². The number of aromatic nitrogens is 1. The summed E-state index contributed by atoms with van der Waals surface area (Å²) in [6.07, 6.45) is 3.22. The number of ether oxygens (including phenoxy) is 1. The standard InChI is InChI=1S/C23H22N2O3S/c1-3-24(13-22(26)27)16-6-5-15-11-17-19(28-20(15)12-16)8-9-25-18-7-4-14(2)10-21(18)29-23(17)25/h4-7,10-12,19H,3,8-9,13H2,1-2H3/p+1. The summed E-state index contributed by atoms with van der Waals surface area (Å²) in [6.45, 7) is 5.66. The van der Waals surface area contributed by atoms with Gasteiger partial charge in [-0.05, 0) is 43.7 Å². The minimum atomic E-state index is -0.829. The first-order valence-electron chi connectivity index (χ1n) is 9.96. The minimum absolute atomic E-state index is 0.0129. The second kappa shape index (κ2) is 6.88. The Hall–Kier alpha value is -2.86. The number of thiazole rings is 1. The Labute approximate surface area is 173 Å². The first-order chi connectivity index (χ1) is 14.0. The smallest absolute Gasteiger partial charge is 0.323 e. The Morgan fingerprint density at radius 1 is 1.31 bits per heavy atom. The zero-order valence-corrected chi connectivity index (χ0v) is 17.3. The maximum atomic E-state index is 11.1. The highest BCUT2D eigenvalue weighted by atomic mass is 32.1. The number of carbonyl (C=O) groups is 1. The molecule has 1 N–H and O–H groups in total. The molecule has 0 spiro atoms. The molecule has 3 heterocycles. The van der Waals surface area contributed by atoms with Crippen LogP contribution in [-0.2, 0) is 11.3 Å². The second-order valence-corrected chi connectivity index (χ2v) is 8.69. The number of nitrogens with zero attached hydrogens (tertiary/aromatic N) is 2. The topological polar surface area (TPSA) is 53.7 Å². The molecule has 1 atom stereocenters. The van der Waals surface area contributed by atoms with Crippen molar-refractivity contribution in [1.82, 2.24) is 0 Å². The van der Waals surface area contributed by atoms with Crippen molar-refractivity contribution in [1.29, 1.82) is 0 Å². The van der Waals surface area contributed by atoms with Gasteiger partial charge in [-0.2, -0.15) is 4.57 Å². The van der Waals surface area contributed by atoms with Crippen LogP contribution in [0, 0.1) is 6.92 Å². The molecule has 0 saturated heterocycles. The molecule has 2 aliphatic heterocycles. The number of rotatable bonds is 4. The van der Waals surface area contributed by atoms with Crippen LogP contribution in [0.4, 0.5) is 5.69 Å². The summed E-state index contributed by atoms with van der Waals surface area (Å²) in [5.74, 6) is 0.00926. The van der Waals surface area contributed by atoms with Crippen molar-refractivity contribution in [2.75, 3.05) is 18.0 Å². The lowest BCUT2D eigenvalue weighted by Crippen LogP contribution is -2.45. The van der Waals surface area contributed by atoms with E-state index in [-0.39, 0.29) is 12.6 Å². The highest BCUT2D eigenvalue weighted by Crippen LogP contribution is 2.41. The van der Waals surface area contributed by atoms with E-state index in [0.29, 0.717) is 6.54 Å². The predicted molar refractivity (Wildman–Crippen MR) is 116 cm³/mol. The van der Waals surface area contributed by atoms with Gasteiger partial charge in [0.2, 0.25) is 5.52 Å². The lowest BCUT2D eigenvalue weighted by molar-refractivity contribution is -0.673. The number of anilines is 1. The lowest BCUT2D eigenvalue weighted by atomic mass is 9.97. The number of hydrogen-bond acceptors (Lipinski definition) is 4. The number of carboxylic acid groups (broad SMARTS) is 1. The number of likely N-dealkylation sites (N-methyl/N-ethyl adjacent to an activating group) is 1. The van der Waals surface area contributed by atoms with Crippen molar-refractivity contribution in [2.24, 2.45) is 0 Å². The van der Waals surface area contributed by atoms with Gasteiger partial charge in [0, 0.05) is 36.3 Å². The van der Waals surface area contributed by atoms with Crippen LogP contribution < -0.4 is 14.2 Å². The molecule has 5 nitrogen and oxygen atoms in total. The Kier molecular flexibility index (Phi) is 4.32. The second-order valence-electron chi connectivity index (χ2n) is 7.65. The molecule has 5 rings (SSSR count). The van der Waals surface area contributed by atoms with E-state index in [0.717, 1.165) is 30.0 Å². The van der Waals surface area contributed by atoms with Crippen molar-refractivity contribution in [3.05, 3.63) is 52.5 Å². The molecule has 1 unspecified atom stereocenters. The summed E-state index contributed by atoms with van der Waals surface area (Å²) in [5.41, 5.74) is 5.75. The average molecular weight is 408 g/mol. The van der Waals surface area contributed by atoms with E-state index in [9.17, 15) is 4.79 Å². The van der Waals surface area contributed by atoms with E-state index >= 15 is 0 Å². The summed E-state index contributed by atoms with van der Waals surface area (Å²) in [6, 6.07) is 12.6. The Morgan fingerprint density at radius 2 is 2.17 bits per heavy atom. The van der Waals surface area contributed by atoms with Crippen molar-refractivity contribution < 1.29 is 19.2 Å². The van der Waals surface area contributed by atoms with E-state index in [2.05, 4.69) is 35.8 Å². The fourth-order valence-electron chi connectivity index (χ4n) is 4.26. The van der Waals surface area contributed by atoms with Crippen LogP contribution in [0.2, 0.25) is 0 Å². The normalized spacial score (nSPS) is 17.0. The number of fused-ring (bicyclic) bond motifs is 6. The number of carboxylic acids is 1. The molecule has 0 amide bonds. The monoisotopic (exact) mass is 407 g/mol. The maximum absolute atomic E-state index is 11.1. The van der Waals surface area contributed by atoms with Crippen molar-refractivity contribution in [3.63, 3.8) is 0 Å². The molecule has 0 aliphatic carbocycles. The van der Waals surface area contributed by atoms with Gasteiger partial charge in [-0.1, -0.05) is 17.4 Å². The zero-order chi connectivity index (χ0) is 20.1.